The molecule has 3 aromatic carbocycles. The lowest BCUT2D eigenvalue weighted by Gasteiger charge is -2.32. The summed E-state index contributed by atoms with van der Waals surface area (Å²) >= 11 is 0. The van der Waals surface area contributed by atoms with Gasteiger partial charge in [0.15, 0.2) is 23.2 Å². The molecule has 4 atom stereocenters. The first-order valence-corrected chi connectivity index (χ1v) is 27.0. The molecule has 1 saturated heterocycles. The number of carboxylic acid groups (broad SMARTS) is 1. The zero-order valence-electron chi connectivity index (χ0n) is 39.6. The van der Waals surface area contributed by atoms with Crippen molar-refractivity contribution < 1.29 is 67.0 Å². The van der Waals surface area contributed by atoms with Crippen LogP contribution in [0.5, 0.6) is 11.5 Å². The molecular weight excluding hydrogens is 977 g/mol. The van der Waals surface area contributed by atoms with Crippen LogP contribution in [0.2, 0.25) is 0 Å². The van der Waals surface area contributed by atoms with Gasteiger partial charge < -0.3 is 60.5 Å². The molecule has 9 rings (SSSR count). The molecule has 384 valence electrons. The second-order valence-corrected chi connectivity index (χ2v) is 20.5. The van der Waals surface area contributed by atoms with Gasteiger partial charge in [-0.1, -0.05) is 18.9 Å². The minimum Gasteiger partial charge on any atom is -0.478 e. The molecule has 25 heteroatoms. The summed E-state index contributed by atoms with van der Waals surface area (Å²) in [5, 5.41) is 29.7. The molecule has 6 heterocycles. The summed E-state index contributed by atoms with van der Waals surface area (Å²) in [4.78, 5) is 79.6. The highest BCUT2D eigenvalue weighted by molar-refractivity contribution is 7.46. The Morgan fingerprint density at radius 3 is 2.44 bits per heavy atom. The predicted molar refractivity (Wildman–Crippen MR) is 262 cm³/mol. The Kier molecular flexibility index (Phi) is 14.9. The van der Waals surface area contributed by atoms with E-state index in [1.807, 2.05) is 0 Å². The molecule has 10 N–H and O–H groups in total. The number of amides is 1. The first-order valence-electron chi connectivity index (χ1n) is 24.0. The van der Waals surface area contributed by atoms with Crippen molar-refractivity contribution in [1.82, 2.24) is 29.4 Å². The van der Waals surface area contributed by atoms with Gasteiger partial charge in [0.1, 0.15) is 49.2 Å². The SMILES string of the molecule is CCN1CCCc2cc3c(cc21)Oc1cc2c(cc1=C3c1ccc(C(=O)NCCCCCCNc3nc4c(N)ncnc4n3[C@@H]3O[C@H](COP(=O)(O)O)[C@@H](O)[C@H]3OP(=O)(O)O)cc1C(=O)O)CCC[N+]=2CC. The number of nitrogen functional groups attached to an aromatic ring is 1. The van der Waals surface area contributed by atoms with Gasteiger partial charge in [0, 0.05) is 71.8 Å². The average Bonchev–Trinajstić information content (AvgIpc) is 3.86. The number of nitrogens with two attached hydrogens (primary N) is 1. The molecule has 4 aliphatic rings. The molecule has 1 amide bonds. The number of rotatable bonds is 19. The molecule has 0 saturated carbocycles. The summed E-state index contributed by atoms with van der Waals surface area (Å²) < 4.78 is 49.0. The van der Waals surface area contributed by atoms with Crippen LogP contribution in [0.4, 0.5) is 17.5 Å². The first kappa shape index (κ1) is 51.1. The molecule has 4 aliphatic heterocycles. The number of aliphatic hydroxyl groups excluding tert-OH is 1. The van der Waals surface area contributed by atoms with Crippen molar-refractivity contribution in [2.24, 2.45) is 0 Å². The van der Waals surface area contributed by atoms with Crippen LogP contribution >= 0.6 is 15.6 Å². The number of benzene rings is 3. The Hall–Kier alpha value is -5.84. The first-order chi connectivity index (χ1) is 34.4. The Morgan fingerprint density at radius 2 is 1.71 bits per heavy atom. The van der Waals surface area contributed by atoms with E-state index in [0.29, 0.717) is 55.8 Å². The van der Waals surface area contributed by atoms with Gasteiger partial charge >= 0.3 is 21.6 Å². The highest BCUT2D eigenvalue weighted by Crippen LogP contribution is 2.48. The Morgan fingerprint density at radius 1 is 0.931 bits per heavy atom. The van der Waals surface area contributed by atoms with Crippen molar-refractivity contribution in [3.8, 4) is 11.5 Å². The molecule has 1 fully saturated rings. The predicted octanol–water partition coefficient (Wildman–Crippen LogP) is 2.94. The molecule has 0 radical (unpaired) electrons. The topological polar surface area (TPSA) is 327 Å². The number of anilines is 3. The number of aryl methyl sites for hydroxylation is 2. The Balaban J connectivity index is 0.877. The van der Waals surface area contributed by atoms with Crippen LogP contribution in [0, 0.1) is 0 Å². The number of phosphoric acid groups is 2. The third kappa shape index (κ3) is 10.6. The van der Waals surface area contributed by atoms with E-state index in [-0.39, 0.29) is 34.1 Å². The summed E-state index contributed by atoms with van der Waals surface area (Å²) in [6.07, 6.45) is 0.784. The zero-order chi connectivity index (χ0) is 51.1. The maximum absolute atomic E-state index is 13.6. The normalized spacial score (nSPS) is 19.6. The smallest absolute Gasteiger partial charge is 0.470 e. The fourth-order valence-corrected chi connectivity index (χ4v) is 11.0. The van der Waals surface area contributed by atoms with Crippen molar-refractivity contribution in [3.05, 3.63) is 92.7 Å². The van der Waals surface area contributed by atoms with Crippen LogP contribution in [0.25, 0.3) is 16.7 Å². The number of imidazole rings is 1. The van der Waals surface area contributed by atoms with Crippen molar-refractivity contribution in [1.29, 1.82) is 0 Å². The van der Waals surface area contributed by atoms with Gasteiger partial charge in [0.05, 0.1) is 18.2 Å². The van der Waals surface area contributed by atoms with Crippen LogP contribution in [-0.4, -0.2) is 125 Å². The van der Waals surface area contributed by atoms with Crippen LogP contribution < -0.4 is 41.2 Å². The van der Waals surface area contributed by atoms with Gasteiger partial charge in [-0.05, 0) is 81.3 Å². The molecule has 0 unspecified atom stereocenters. The molecule has 72 heavy (non-hydrogen) atoms. The lowest BCUT2D eigenvalue weighted by molar-refractivity contribution is -0.0489. The molecule has 5 aromatic rings. The minimum atomic E-state index is -5.27. The second-order valence-electron chi connectivity index (χ2n) is 18.1. The second kappa shape index (κ2) is 20.9. The molecular formula is C47H58N9O14P2+. The van der Waals surface area contributed by atoms with Crippen LogP contribution in [0.15, 0.2) is 48.8 Å². The van der Waals surface area contributed by atoms with E-state index >= 15 is 0 Å². The van der Waals surface area contributed by atoms with Crippen molar-refractivity contribution >= 4 is 61.7 Å². The standard InChI is InChI=1S/C47H57N9O14P2/c1-3-54-17-9-11-26-19-31-35(22-33(26)54)68-36-23-34-27(12-10-18-55(34)4-2)20-32(36)38(31)29-14-13-28(21-30(29)46(59)60)44(58)49-15-7-5-6-8-16-50-47-53-39-42(48)51-25-52-43(39)56(47)45-41(70-72(64,65)66)40(57)37(69-45)24-67-71(61,62)63/h13-14,19-23,25,37,40-41,45,48-49,57H,3-12,15-18,24H2,1-2H3,(H6,58,59,60,61,62,63,64,65,66)/p+1/t37-,40-,41-,45-/m1/s1. The quantitative estimate of drug-likeness (QED) is 0.0320. The molecule has 2 aromatic heterocycles. The summed E-state index contributed by atoms with van der Waals surface area (Å²) in [5.74, 6) is -0.230. The molecule has 0 aliphatic carbocycles. The number of carbonyl (C=O) groups is 2. The number of nitrogens with one attached hydrogen (secondary N) is 2. The van der Waals surface area contributed by atoms with Crippen molar-refractivity contribution in [3.63, 3.8) is 0 Å². The maximum Gasteiger partial charge on any atom is 0.470 e. The van der Waals surface area contributed by atoms with E-state index in [9.17, 15) is 48.5 Å². The fraction of sp³-hybridized carbons (Fsp3) is 0.447. The highest BCUT2D eigenvalue weighted by Gasteiger charge is 2.50. The number of ether oxygens (including phenoxy) is 2. The van der Waals surface area contributed by atoms with Gasteiger partial charge in [-0.25, -0.2) is 33.5 Å². The number of phosphoric ester groups is 2. The van der Waals surface area contributed by atoms with Gasteiger partial charge in [0.25, 0.3) is 5.91 Å². The minimum absolute atomic E-state index is 0.00210. The lowest BCUT2D eigenvalue weighted by atomic mass is 9.86. The van der Waals surface area contributed by atoms with Gasteiger partial charge in [-0.15, -0.1) is 0 Å². The molecule has 23 nitrogen and oxygen atoms in total. The summed E-state index contributed by atoms with van der Waals surface area (Å²) in [6.45, 7) is 7.63. The highest BCUT2D eigenvalue weighted by atomic mass is 31.2. The number of aromatic nitrogens is 4. The lowest BCUT2D eigenvalue weighted by Crippen LogP contribution is -2.39. The number of nitrogens with zero attached hydrogens (tertiary/aromatic N) is 6. The average molecular weight is 1030 g/mol. The molecule has 0 spiro atoms. The fourth-order valence-electron chi connectivity index (χ4n) is 10.1. The van der Waals surface area contributed by atoms with E-state index in [4.69, 9.17) is 19.7 Å². The number of carbonyl (C=O) groups excluding carboxylic acids is 1. The number of fused-ring (bicyclic) bond motifs is 5. The van der Waals surface area contributed by atoms with E-state index in [2.05, 4.69) is 77.7 Å². The van der Waals surface area contributed by atoms with Crippen LogP contribution in [0.3, 0.4) is 0 Å². The maximum atomic E-state index is 13.6. The number of hydrogen-bond acceptors (Lipinski definition) is 15. The number of hydrogen-bond donors (Lipinski definition) is 9. The van der Waals surface area contributed by atoms with Crippen LogP contribution in [0.1, 0.15) is 102 Å². The van der Waals surface area contributed by atoms with Gasteiger partial charge in [-0.3, -0.25) is 18.4 Å². The Bertz CT molecular complexity index is 3160. The van der Waals surface area contributed by atoms with Crippen LogP contribution in [-0.2, 0) is 35.8 Å². The monoisotopic (exact) mass is 1030 g/mol. The van der Waals surface area contributed by atoms with E-state index in [1.54, 1.807) is 12.1 Å². The van der Waals surface area contributed by atoms with Crippen molar-refractivity contribution in [2.75, 3.05) is 61.8 Å². The van der Waals surface area contributed by atoms with Gasteiger partial charge in [-0.2, -0.15) is 0 Å². The number of aliphatic hydroxyl groups is 1. The summed E-state index contributed by atoms with van der Waals surface area (Å²) in [6, 6.07) is 13.3. The number of unbranched alkanes of at least 4 members (excludes halogenated alkanes) is 3. The van der Waals surface area contributed by atoms with E-state index in [1.165, 1.54) is 21.8 Å². The summed E-state index contributed by atoms with van der Waals surface area (Å²) in [7, 11) is -10.3. The van der Waals surface area contributed by atoms with Gasteiger partial charge in [0.2, 0.25) is 11.3 Å². The largest absolute Gasteiger partial charge is 0.478 e. The Labute approximate surface area is 412 Å². The molecule has 0 bridgehead atoms. The zero-order valence-corrected chi connectivity index (χ0v) is 41.4. The van der Waals surface area contributed by atoms with E-state index in [0.717, 1.165) is 85.6 Å². The number of aromatic carboxylic acids is 1. The van der Waals surface area contributed by atoms with Crippen molar-refractivity contribution in [2.45, 2.75) is 89.8 Å². The third-order valence-electron chi connectivity index (χ3n) is 13.5. The van der Waals surface area contributed by atoms with E-state index < -0.39 is 58.7 Å². The number of carboxylic acids is 1. The summed E-state index contributed by atoms with van der Waals surface area (Å²) in [5.41, 5.74) is 12.0. The third-order valence-corrected chi connectivity index (χ3v) is 14.5.